The largest absolute Gasteiger partial charge is 0.419 e. The Balaban J connectivity index is 2.24. The van der Waals surface area contributed by atoms with E-state index < -0.39 is 10.5 Å². The van der Waals surface area contributed by atoms with Crippen molar-refractivity contribution < 1.29 is 9.34 Å². The third kappa shape index (κ3) is 2.03. The molecule has 0 aliphatic rings. The van der Waals surface area contributed by atoms with Crippen LogP contribution >= 0.6 is 0 Å². The first kappa shape index (κ1) is 12.0. The van der Waals surface area contributed by atoms with Gasteiger partial charge in [-0.3, -0.25) is 10.1 Å². The molecule has 0 N–H and O–H groups in total. The molecular formula is C14H8N2O4. The van der Waals surface area contributed by atoms with Crippen molar-refractivity contribution >= 4 is 16.8 Å². The van der Waals surface area contributed by atoms with Crippen LogP contribution in [0.5, 0.6) is 0 Å². The quantitative estimate of drug-likeness (QED) is 0.527. The van der Waals surface area contributed by atoms with E-state index in [1.807, 2.05) is 0 Å². The van der Waals surface area contributed by atoms with E-state index in [0.717, 1.165) is 0 Å². The molecule has 2 aromatic carbocycles. The minimum atomic E-state index is -0.621. The Kier molecular flexibility index (Phi) is 2.76. The number of hydrogen-bond acceptors (Lipinski definition) is 5. The molecule has 3 rings (SSSR count). The molecule has 0 saturated carbocycles. The van der Waals surface area contributed by atoms with Gasteiger partial charge in [0.15, 0.2) is 11.3 Å². The maximum Gasteiger partial charge on any atom is 0.363 e. The molecule has 0 radical (unpaired) electrons. The normalized spacial score (nSPS) is 10.6. The third-order valence-electron chi connectivity index (χ3n) is 2.82. The number of rotatable bonds is 2. The Morgan fingerprint density at radius 1 is 1.10 bits per heavy atom. The van der Waals surface area contributed by atoms with Crippen molar-refractivity contribution in [1.29, 1.82) is 0 Å². The fourth-order valence-corrected chi connectivity index (χ4v) is 1.90. The minimum Gasteiger partial charge on any atom is -0.419 e. The molecular weight excluding hydrogens is 260 g/mol. The maximum atomic E-state index is 11.9. The van der Waals surface area contributed by atoms with Crippen molar-refractivity contribution in [2.24, 2.45) is 0 Å². The van der Waals surface area contributed by atoms with Crippen LogP contribution in [0.2, 0.25) is 0 Å². The highest BCUT2D eigenvalue weighted by atomic mass is 16.6. The summed E-state index contributed by atoms with van der Waals surface area (Å²) >= 11 is 0. The van der Waals surface area contributed by atoms with Gasteiger partial charge in [0.25, 0.3) is 5.69 Å². The van der Waals surface area contributed by atoms with Crippen LogP contribution in [-0.4, -0.2) is 9.91 Å². The topological polar surface area (TPSA) is 86.2 Å². The van der Waals surface area contributed by atoms with Crippen molar-refractivity contribution in [3.05, 3.63) is 69.1 Å². The smallest absolute Gasteiger partial charge is 0.363 e. The van der Waals surface area contributed by atoms with Crippen LogP contribution in [0.15, 0.2) is 57.7 Å². The molecule has 0 aliphatic carbocycles. The highest BCUT2D eigenvalue weighted by Crippen LogP contribution is 2.21. The van der Waals surface area contributed by atoms with Gasteiger partial charge in [-0.05, 0) is 12.1 Å². The van der Waals surface area contributed by atoms with Crippen LogP contribution in [-0.2, 0) is 0 Å². The Morgan fingerprint density at radius 2 is 1.90 bits per heavy atom. The number of nitro groups is 1. The molecule has 0 spiro atoms. The van der Waals surface area contributed by atoms with Gasteiger partial charge in [0.1, 0.15) is 5.52 Å². The van der Waals surface area contributed by atoms with Crippen LogP contribution in [0.25, 0.3) is 22.4 Å². The average Bonchev–Trinajstić information content (AvgIpc) is 2.46. The van der Waals surface area contributed by atoms with E-state index in [1.54, 1.807) is 30.3 Å². The molecule has 98 valence electrons. The van der Waals surface area contributed by atoms with E-state index in [1.165, 1.54) is 18.2 Å². The second kappa shape index (κ2) is 4.58. The lowest BCUT2D eigenvalue weighted by atomic mass is 10.1. The van der Waals surface area contributed by atoms with Crippen LogP contribution in [0.4, 0.5) is 5.69 Å². The standard InChI is InChI=1S/C14H8N2O4/c17-14-13(9-4-3-5-10(8-9)16(18)19)15-11-6-1-2-7-12(11)20-14/h1-8H. The summed E-state index contributed by atoms with van der Waals surface area (Å²) in [4.78, 5) is 26.4. The molecule has 0 atom stereocenters. The van der Waals surface area contributed by atoms with E-state index in [0.29, 0.717) is 16.7 Å². The Labute approximate surface area is 112 Å². The number of benzene rings is 2. The van der Waals surface area contributed by atoms with Crippen molar-refractivity contribution in [3.63, 3.8) is 0 Å². The number of non-ortho nitro benzene ring substituents is 1. The maximum absolute atomic E-state index is 11.9. The minimum absolute atomic E-state index is 0.0624. The molecule has 0 fully saturated rings. The number of nitro benzene ring substituents is 1. The van der Waals surface area contributed by atoms with Crippen molar-refractivity contribution in [2.75, 3.05) is 0 Å². The molecule has 0 bridgehead atoms. The van der Waals surface area contributed by atoms with E-state index >= 15 is 0 Å². The highest BCUT2D eigenvalue weighted by Gasteiger charge is 2.13. The lowest BCUT2D eigenvalue weighted by Gasteiger charge is -2.01. The van der Waals surface area contributed by atoms with Crippen LogP contribution in [0, 0.1) is 10.1 Å². The Hall–Kier alpha value is -3.02. The zero-order valence-corrected chi connectivity index (χ0v) is 10.1. The summed E-state index contributed by atoms with van der Waals surface area (Å²) in [6.07, 6.45) is 0. The fourth-order valence-electron chi connectivity index (χ4n) is 1.90. The van der Waals surface area contributed by atoms with Crippen molar-refractivity contribution in [3.8, 4) is 11.3 Å². The van der Waals surface area contributed by atoms with Crippen molar-refractivity contribution in [2.45, 2.75) is 0 Å². The lowest BCUT2D eigenvalue weighted by Crippen LogP contribution is -2.06. The fraction of sp³-hybridized carbons (Fsp3) is 0. The van der Waals surface area contributed by atoms with Gasteiger partial charge < -0.3 is 4.42 Å². The van der Waals surface area contributed by atoms with Crippen LogP contribution in [0.3, 0.4) is 0 Å². The van der Waals surface area contributed by atoms with Gasteiger partial charge in [-0.15, -0.1) is 0 Å². The predicted octanol–water partition coefficient (Wildman–Crippen LogP) is 2.76. The van der Waals surface area contributed by atoms with Gasteiger partial charge in [0, 0.05) is 17.7 Å². The summed E-state index contributed by atoms with van der Waals surface area (Å²) < 4.78 is 5.16. The summed E-state index contributed by atoms with van der Waals surface area (Å²) in [7, 11) is 0. The lowest BCUT2D eigenvalue weighted by molar-refractivity contribution is -0.384. The zero-order valence-electron chi connectivity index (χ0n) is 10.1. The summed E-state index contributed by atoms with van der Waals surface area (Å²) in [5.74, 6) is 0. The Morgan fingerprint density at radius 3 is 2.70 bits per heavy atom. The predicted molar refractivity (Wildman–Crippen MR) is 72.4 cm³/mol. The molecule has 20 heavy (non-hydrogen) atoms. The molecule has 6 heteroatoms. The summed E-state index contributed by atoms with van der Waals surface area (Å²) in [5.41, 5.74) is 0.604. The molecule has 0 amide bonds. The van der Waals surface area contributed by atoms with Crippen LogP contribution in [0.1, 0.15) is 0 Å². The average molecular weight is 268 g/mol. The first-order valence-electron chi connectivity index (χ1n) is 5.80. The van der Waals surface area contributed by atoms with Gasteiger partial charge in [-0.25, -0.2) is 9.78 Å². The second-order valence-electron chi connectivity index (χ2n) is 4.13. The van der Waals surface area contributed by atoms with E-state index in [4.69, 9.17) is 4.42 Å². The van der Waals surface area contributed by atoms with Gasteiger partial charge in [-0.1, -0.05) is 24.3 Å². The monoisotopic (exact) mass is 268 g/mol. The van der Waals surface area contributed by atoms with Gasteiger partial charge >= 0.3 is 5.63 Å². The van der Waals surface area contributed by atoms with Gasteiger partial charge in [0.2, 0.25) is 0 Å². The SMILES string of the molecule is O=c1oc2ccccc2nc1-c1cccc([N+](=O)[O-])c1. The molecule has 0 aliphatic heterocycles. The van der Waals surface area contributed by atoms with Gasteiger partial charge in [-0.2, -0.15) is 0 Å². The van der Waals surface area contributed by atoms with Gasteiger partial charge in [0.05, 0.1) is 4.92 Å². The number of aromatic nitrogens is 1. The molecule has 3 aromatic rings. The molecule has 0 unspecified atom stereocenters. The number of hydrogen-bond donors (Lipinski definition) is 0. The summed E-state index contributed by atoms with van der Waals surface area (Å²) in [6, 6.07) is 12.6. The van der Waals surface area contributed by atoms with E-state index in [9.17, 15) is 14.9 Å². The number of nitrogens with zero attached hydrogens (tertiary/aromatic N) is 2. The first-order chi connectivity index (χ1) is 9.65. The summed E-state index contributed by atoms with van der Waals surface area (Å²) in [6.45, 7) is 0. The molecule has 1 heterocycles. The Bertz CT molecular complexity index is 870. The van der Waals surface area contributed by atoms with Crippen molar-refractivity contribution in [1.82, 2.24) is 4.98 Å². The molecule has 1 aromatic heterocycles. The van der Waals surface area contributed by atoms with E-state index in [2.05, 4.69) is 4.98 Å². The third-order valence-corrected chi connectivity index (χ3v) is 2.82. The first-order valence-corrected chi connectivity index (χ1v) is 5.80. The molecule has 6 nitrogen and oxygen atoms in total. The zero-order chi connectivity index (χ0) is 14.1. The molecule has 0 saturated heterocycles. The number of para-hydroxylation sites is 2. The second-order valence-corrected chi connectivity index (χ2v) is 4.13. The van der Waals surface area contributed by atoms with Crippen LogP contribution < -0.4 is 5.63 Å². The highest BCUT2D eigenvalue weighted by molar-refractivity contribution is 5.75. The summed E-state index contributed by atoms with van der Waals surface area (Å²) in [5, 5.41) is 10.8. The van der Waals surface area contributed by atoms with E-state index in [-0.39, 0.29) is 11.4 Å². The number of fused-ring (bicyclic) bond motifs is 1.